The Bertz CT molecular complexity index is 475. The molecular weight excluding hydrogens is 250 g/mol. The molecule has 0 fully saturated rings. The van der Waals surface area contributed by atoms with E-state index in [1.807, 2.05) is 61.9 Å². The molecule has 4 nitrogen and oxygen atoms in total. The van der Waals surface area contributed by atoms with E-state index < -0.39 is 0 Å². The minimum absolute atomic E-state index is 0.842. The summed E-state index contributed by atoms with van der Waals surface area (Å²) in [6.45, 7) is 2.11. The zero-order valence-electron chi connectivity index (χ0n) is 12.6. The molecule has 1 N–H and O–H groups in total. The molecule has 0 aliphatic rings. The first-order valence-electron chi connectivity index (χ1n) is 6.67. The van der Waals surface area contributed by atoms with Gasteiger partial charge in [0, 0.05) is 14.1 Å². The van der Waals surface area contributed by atoms with Crippen LogP contribution < -0.4 is 15.1 Å². The van der Waals surface area contributed by atoms with Crippen molar-refractivity contribution in [2.75, 3.05) is 26.2 Å². The largest absolute Gasteiger partial charge is 0.497 e. The summed E-state index contributed by atoms with van der Waals surface area (Å²) in [5.74, 6) is 0.842. The monoisotopic (exact) mass is 273 g/mol. The SMILES string of the molecule is CC/C=C(\C=C/NC)/C=N/N(C)c1ccc(OC)cc1. The lowest BCUT2D eigenvalue weighted by atomic mass is 10.2. The maximum Gasteiger partial charge on any atom is 0.119 e. The summed E-state index contributed by atoms with van der Waals surface area (Å²) in [5, 5.41) is 9.25. The maximum atomic E-state index is 5.14. The van der Waals surface area contributed by atoms with Crippen molar-refractivity contribution in [1.29, 1.82) is 0 Å². The third-order valence-electron chi connectivity index (χ3n) is 2.71. The van der Waals surface area contributed by atoms with Crippen LogP contribution in [0.3, 0.4) is 0 Å². The molecule has 20 heavy (non-hydrogen) atoms. The number of anilines is 1. The van der Waals surface area contributed by atoms with Crippen molar-refractivity contribution in [2.24, 2.45) is 5.10 Å². The van der Waals surface area contributed by atoms with Crippen LogP contribution in [0.2, 0.25) is 0 Å². The lowest BCUT2D eigenvalue weighted by Gasteiger charge is -2.13. The summed E-state index contributed by atoms with van der Waals surface area (Å²) in [6.07, 6.45) is 8.83. The quantitative estimate of drug-likeness (QED) is 0.471. The molecule has 0 radical (unpaired) electrons. The molecule has 0 bridgehead atoms. The van der Waals surface area contributed by atoms with Gasteiger partial charge in [-0.2, -0.15) is 5.10 Å². The molecule has 1 aromatic rings. The van der Waals surface area contributed by atoms with Crippen molar-refractivity contribution >= 4 is 11.9 Å². The van der Waals surface area contributed by atoms with Gasteiger partial charge in [0.15, 0.2) is 0 Å². The van der Waals surface area contributed by atoms with Gasteiger partial charge in [-0.25, -0.2) is 0 Å². The Hall–Kier alpha value is -2.23. The molecule has 0 aliphatic carbocycles. The minimum atomic E-state index is 0.842. The van der Waals surface area contributed by atoms with Gasteiger partial charge in [-0.3, -0.25) is 5.01 Å². The molecule has 1 aromatic carbocycles. The first-order valence-corrected chi connectivity index (χ1v) is 6.67. The van der Waals surface area contributed by atoms with Gasteiger partial charge >= 0.3 is 0 Å². The molecule has 0 aliphatic heterocycles. The summed E-state index contributed by atoms with van der Waals surface area (Å²) >= 11 is 0. The number of allylic oxidation sites excluding steroid dienone is 3. The summed E-state index contributed by atoms with van der Waals surface area (Å²) in [7, 11) is 5.46. The highest BCUT2D eigenvalue weighted by Crippen LogP contribution is 2.18. The molecule has 0 saturated heterocycles. The first-order chi connectivity index (χ1) is 9.71. The van der Waals surface area contributed by atoms with E-state index in [0.29, 0.717) is 0 Å². The predicted octanol–water partition coefficient (Wildman–Crippen LogP) is 3.19. The van der Waals surface area contributed by atoms with Crippen molar-refractivity contribution in [3.05, 3.63) is 48.2 Å². The van der Waals surface area contributed by atoms with Gasteiger partial charge in [0.2, 0.25) is 0 Å². The van der Waals surface area contributed by atoms with Gasteiger partial charge in [0.05, 0.1) is 19.0 Å². The van der Waals surface area contributed by atoms with Crippen LogP contribution in [-0.4, -0.2) is 27.4 Å². The molecule has 0 aromatic heterocycles. The highest BCUT2D eigenvalue weighted by atomic mass is 16.5. The Kier molecular flexibility index (Phi) is 6.96. The summed E-state index contributed by atoms with van der Waals surface area (Å²) in [6, 6.07) is 7.79. The minimum Gasteiger partial charge on any atom is -0.497 e. The van der Waals surface area contributed by atoms with Gasteiger partial charge < -0.3 is 10.1 Å². The fourth-order valence-electron chi connectivity index (χ4n) is 1.60. The normalized spacial score (nSPS) is 12.1. The fourth-order valence-corrected chi connectivity index (χ4v) is 1.60. The number of rotatable bonds is 7. The van der Waals surface area contributed by atoms with Gasteiger partial charge in [-0.05, 0) is 48.5 Å². The van der Waals surface area contributed by atoms with E-state index in [1.54, 1.807) is 7.11 Å². The Morgan fingerprint density at radius 3 is 2.60 bits per heavy atom. The van der Waals surface area contributed by atoms with Crippen molar-refractivity contribution in [3.63, 3.8) is 0 Å². The highest BCUT2D eigenvalue weighted by molar-refractivity contribution is 5.82. The number of methoxy groups -OCH3 is 1. The van der Waals surface area contributed by atoms with E-state index in [-0.39, 0.29) is 0 Å². The maximum absolute atomic E-state index is 5.14. The summed E-state index contributed by atoms with van der Waals surface area (Å²) < 4.78 is 5.14. The number of benzene rings is 1. The van der Waals surface area contributed by atoms with Gasteiger partial charge in [0.1, 0.15) is 5.75 Å². The zero-order chi connectivity index (χ0) is 14.8. The smallest absolute Gasteiger partial charge is 0.119 e. The Balaban J connectivity index is 2.75. The van der Waals surface area contributed by atoms with Crippen LogP contribution in [-0.2, 0) is 0 Å². The van der Waals surface area contributed by atoms with Crippen LogP contribution in [0.5, 0.6) is 5.75 Å². The van der Waals surface area contributed by atoms with E-state index in [0.717, 1.165) is 23.4 Å². The van der Waals surface area contributed by atoms with E-state index >= 15 is 0 Å². The summed E-state index contributed by atoms with van der Waals surface area (Å²) in [5.41, 5.74) is 2.08. The van der Waals surface area contributed by atoms with Crippen LogP contribution >= 0.6 is 0 Å². The van der Waals surface area contributed by atoms with Gasteiger partial charge in [-0.15, -0.1) is 0 Å². The molecule has 0 unspecified atom stereocenters. The number of hydrogen-bond donors (Lipinski definition) is 1. The third kappa shape index (κ3) is 5.18. The standard InChI is InChI=1S/C16H23N3O/c1-5-6-14(11-12-17-2)13-18-19(3)15-7-9-16(20-4)10-8-15/h6-13,17H,5H2,1-4H3/b12-11-,14-6+,18-13+. The van der Waals surface area contributed by atoms with Crippen LogP contribution in [0, 0.1) is 0 Å². The molecular formula is C16H23N3O. The average molecular weight is 273 g/mol. The second kappa shape index (κ2) is 8.80. The van der Waals surface area contributed by atoms with Crippen molar-refractivity contribution < 1.29 is 4.74 Å². The molecule has 4 heteroatoms. The molecule has 0 atom stereocenters. The van der Waals surface area contributed by atoms with Crippen molar-refractivity contribution in [2.45, 2.75) is 13.3 Å². The average Bonchev–Trinajstić information content (AvgIpc) is 2.49. The van der Waals surface area contributed by atoms with E-state index in [9.17, 15) is 0 Å². The summed E-state index contributed by atoms with van der Waals surface area (Å²) in [4.78, 5) is 0. The Morgan fingerprint density at radius 2 is 2.05 bits per heavy atom. The number of hydrogen-bond acceptors (Lipinski definition) is 4. The molecule has 0 saturated carbocycles. The molecule has 1 rings (SSSR count). The topological polar surface area (TPSA) is 36.9 Å². The Labute approximate surface area is 121 Å². The molecule has 108 valence electrons. The second-order valence-electron chi connectivity index (χ2n) is 4.20. The first kappa shape index (κ1) is 15.8. The van der Waals surface area contributed by atoms with Crippen molar-refractivity contribution in [3.8, 4) is 5.75 Å². The number of nitrogens with zero attached hydrogens (tertiary/aromatic N) is 2. The number of hydrazone groups is 1. The van der Waals surface area contributed by atoms with Crippen LogP contribution in [0.1, 0.15) is 13.3 Å². The lowest BCUT2D eigenvalue weighted by molar-refractivity contribution is 0.415. The van der Waals surface area contributed by atoms with Gasteiger partial charge in [-0.1, -0.05) is 13.0 Å². The van der Waals surface area contributed by atoms with Crippen LogP contribution in [0.4, 0.5) is 5.69 Å². The van der Waals surface area contributed by atoms with Crippen LogP contribution in [0.25, 0.3) is 0 Å². The molecule has 0 amide bonds. The van der Waals surface area contributed by atoms with E-state index in [2.05, 4.69) is 23.4 Å². The predicted molar refractivity (Wildman–Crippen MR) is 86.5 cm³/mol. The van der Waals surface area contributed by atoms with E-state index in [1.165, 1.54) is 0 Å². The second-order valence-corrected chi connectivity index (χ2v) is 4.20. The number of nitrogens with one attached hydrogen (secondary N) is 1. The lowest BCUT2D eigenvalue weighted by Crippen LogP contribution is -2.08. The van der Waals surface area contributed by atoms with Crippen molar-refractivity contribution in [1.82, 2.24) is 5.32 Å². The Morgan fingerprint density at radius 1 is 1.35 bits per heavy atom. The highest BCUT2D eigenvalue weighted by Gasteiger charge is 1.98. The van der Waals surface area contributed by atoms with Crippen LogP contribution in [0.15, 0.2) is 53.3 Å². The molecule has 0 heterocycles. The van der Waals surface area contributed by atoms with Gasteiger partial charge in [0.25, 0.3) is 0 Å². The molecule has 0 spiro atoms. The zero-order valence-corrected chi connectivity index (χ0v) is 12.6. The fraction of sp³-hybridized carbons (Fsp3) is 0.312. The van der Waals surface area contributed by atoms with E-state index in [4.69, 9.17) is 4.74 Å². The third-order valence-corrected chi connectivity index (χ3v) is 2.71. The number of ether oxygens (including phenoxy) is 1.